The first-order chi connectivity index (χ1) is 17.4. The summed E-state index contributed by atoms with van der Waals surface area (Å²) in [6.07, 6.45) is 4.74. The number of aromatic hydroxyl groups is 1. The fourth-order valence-electron chi connectivity index (χ4n) is 4.80. The fourth-order valence-corrected chi connectivity index (χ4v) is 4.80. The summed E-state index contributed by atoms with van der Waals surface area (Å²) in [6.45, 7) is 2.17. The van der Waals surface area contributed by atoms with Gasteiger partial charge < -0.3 is 19.5 Å². The first kappa shape index (κ1) is 23.5. The van der Waals surface area contributed by atoms with E-state index >= 15 is 0 Å². The van der Waals surface area contributed by atoms with Crippen molar-refractivity contribution in [1.82, 2.24) is 19.7 Å². The standard InChI is InChI=1S/C27H26N4O5/c1-16-28-22-23(24(32)29-30-25(22)36-27(35)19-7-3-2-4-8-19)31(16)15-17-11-13-18(14-12-17)20-9-5-6-10-21(20)26(33)34/h5-6,9-14,19H,2-4,7-8,15H2,1H3,(H,29,32)(H,33,34). The number of aromatic nitrogens is 4. The predicted molar refractivity (Wildman–Crippen MR) is 132 cm³/mol. The van der Waals surface area contributed by atoms with E-state index in [0.717, 1.165) is 43.2 Å². The molecule has 36 heavy (non-hydrogen) atoms. The van der Waals surface area contributed by atoms with Gasteiger partial charge in [-0.15, -0.1) is 10.2 Å². The molecular weight excluding hydrogens is 460 g/mol. The van der Waals surface area contributed by atoms with Crippen molar-refractivity contribution in [1.29, 1.82) is 0 Å². The maximum Gasteiger partial charge on any atom is 0.336 e. The van der Waals surface area contributed by atoms with E-state index in [2.05, 4.69) is 15.2 Å². The Morgan fingerprint density at radius 1 is 1.03 bits per heavy atom. The highest BCUT2D eigenvalue weighted by Gasteiger charge is 2.26. The number of ether oxygens (including phenoxy) is 1. The largest absolute Gasteiger partial charge is 0.491 e. The zero-order valence-electron chi connectivity index (χ0n) is 19.8. The lowest BCUT2D eigenvalue weighted by molar-refractivity contribution is -0.140. The molecule has 184 valence electrons. The smallest absolute Gasteiger partial charge is 0.336 e. The molecule has 2 heterocycles. The molecule has 0 unspecified atom stereocenters. The number of benzene rings is 2. The Balaban J connectivity index is 1.43. The molecule has 5 rings (SSSR count). The van der Waals surface area contributed by atoms with Gasteiger partial charge in [0, 0.05) is 6.54 Å². The minimum Gasteiger partial charge on any atom is -0.491 e. The highest BCUT2D eigenvalue weighted by molar-refractivity contribution is 5.96. The number of fused-ring (bicyclic) bond motifs is 1. The number of carboxylic acid groups (broad SMARTS) is 1. The van der Waals surface area contributed by atoms with Crippen LogP contribution in [0.2, 0.25) is 0 Å². The van der Waals surface area contributed by atoms with E-state index in [1.165, 1.54) is 0 Å². The molecule has 0 aliphatic heterocycles. The first-order valence-corrected chi connectivity index (χ1v) is 12.0. The van der Waals surface area contributed by atoms with Crippen LogP contribution in [0.15, 0.2) is 48.5 Å². The molecule has 2 aromatic heterocycles. The van der Waals surface area contributed by atoms with Crippen molar-refractivity contribution in [2.75, 3.05) is 0 Å². The monoisotopic (exact) mass is 486 g/mol. The van der Waals surface area contributed by atoms with Gasteiger partial charge in [-0.05, 0) is 42.5 Å². The number of hydrogen-bond acceptors (Lipinski definition) is 7. The summed E-state index contributed by atoms with van der Waals surface area (Å²) in [4.78, 5) is 28.8. The highest BCUT2D eigenvalue weighted by atomic mass is 16.5. The molecule has 0 amide bonds. The average molecular weight is 487 g/mol. The molecule has 1 aliphatic carbocycles. The van der Waals surface area contributed by atoms with Crippen LogP contribution in [0.4, 0.5) is 0 Å². The summed E-state index contributed by atoms with van der Waals surface area (Å²) in [5, 5.41) is 27.7. The molecule has 9 heteroatoms. The van der Waals surface area contributed by atoms with Gasteiger partial charge in [-0.2, -0.15) is 0 Å². The SMILES string of the molecule is Cc1nc2c(OC(=O)C3CCCCC3)nnc(O)c2n1Cc1ccc(-c2ccccc2C(=O)O)cc1. The lowest BCUT2D eigenvalue weighted by Crippen LogP contribution is -2.23. The molecule has 2 N–H and O–H groups in total. The Bertz CT molecular complexity index is 1440. The molecular formula is C27H26N4O5. The lowest BCUT2D eigenvalue weighted by Gasteiger charge is -2.19. The van der Waals surface area contributed by atoms with E-state index < -0.39 is 5.97 Å². The summed E-state index contributed by atoms with van der Waals surface area (Å²) in [6, 6.07) is 14.4. The van der Waals surface area contributed by atoms with Crippen molar-refractivity contribution in [3.8, 4) is 22.9 Å². The second-order valence-electron chi connectivity index (χ2n) is 9.07. The Labute approximate surface area is 207 Å². The quantitative estimate of drug-likeness (QED) is 0.374. The van der Waals surface area contributed by atoms with Crippen molar-refractivity contribution in [3.05, 3.63) is 65.5 Å². The van der Waals surface area contributed by atoms with Crippen molar-refractivity contribution in [3.63, 3.8) is 0 Å². The molecule has 1 aliphatic rings. The maximum atomic E-state index is 12.7. The van der Waals surface area contributed by atoms with Gasteiger partial charge >= 0.3 is 11.9 Å². The molecule has 2 aromatic carbocycles. The number of carboxylic acids is 1. The fraction of sp³-hybridized carbons (Fsp3) is 0.296. The molecule has 0 bridgehead atoms. The third-order valence-electron chi connectivity index (χ3n) is 6.71. The zero-order valence-corrected chi connectivity index (χ0v) is 19.8. The van der Waals surface area contributed by atoms with Gasteiger partial charge in [-0.25, -0.2) is 9.78 Å². The molecule has 0 radical (unpaired) electrons. The predicted octanol–water partition coefficient (Wildman–Crippen LogP) is 4.74. The number of carbonyl (C=O) groups excluding carboxylic acids is 1. The summed E-state index contributed by atoms with van der Waals surface area (Å²) >= 11 is 0. The Kier molecular flexibility index (Phi) is 6.37. The van der Waals surface area contributed by atoms with Crippen LogP contribution in [-0.4, -0.2) is 41.9 Å². The third kappa shape index (κ3) is 4.51. The number of hydrogen-bond donors (Lipinski definition) is 2. The molecule has 0 saturated heterocycles. The van der Waals surface area contributed by atoms with Crippen LogP contribution < -0.4 is 4.74 Å². The van der Waals surface area contributed by atoms with E-state index in [9.17, 15) is 19.8 Å². The number of nitrogens with zero attached hydrogens (tertiary/aromatic N) is 4. The lowest BCUT2D eigenvalue weighted by atomic mass is 9.89. The zero-order chi connectivity index (χ0) is 25.2. The summed E-state index contributed by atoms with van der Waals surface area (Å²) in [5.74, 6) is -1.16. The number of carbonyl (C=O) groups is 2. The Morgan fingerprint density at radius 3 is 2.47 bits per heavy atom. The number of esters is 1. The van der Waals surface area contributed by atoms with E-state index in [4.69, 9.17) is 4.74 Å². The van der Waals surface area contributed by atoms with Crippen LogP contribution in [0.3, 0.4) is 0 Å². The molecule has 9 nitrogen and oxygen atoms in total. The minimum atomic E-state index is -0.980. The van der Waals surface area contributed by atoms with Gasteiger partial charge in [-0.3, -0.25) is 4.79 Å². The number of rotatable bonds is 6. The van der Waals surface area contributed by atoms with Crippen LogP contribution >= 0.6 is 0 Å². The number of aryl methyl sites for hydroxylation is 1. The average Bonchev–Trinajstić information content (AvgIpc) is 3.23. The Hall–Kier alpha value is -4.27. The van der Waals surface area contributed by atoms with Gasteiger partial charge in [0.25, 0.3) is 11.8 Å². The number of aromatic carboxylic acids is 1. The van der Waals surface area contributed by atoms with Crippen molar-refractivity contribution < 1.29 is 24.5 Å². The molecule has 4 aromatic rings. The van der Waals surface area contributed by atoms with E-state index in [1.54, 1.807) is 35.8 Å². The minimum absolute atomic E-state index is 0.000786. The van der Waals surface area contributed by atoms with Crippen molar-refractivity contribution in [2.45, 2.75) is 45.6 Å². The topological polar surface area (TPSA) is 127 Å². The van der Waals surface area contributed by atoms with E-state index in [-0.39, 0.29) is 34.7 Å². The van der Waals surface area contributed by atoms with Crippen molar-refractivity contribution in [2.24, 2.45) is 5.92 Å². The van der Waals surface area contributed by atoms with E-state index in [1.807, 2.05) is 24.3 Å². The van der Waals surface area contributed by atoms with Crippen LogP contribution in [0.25, 0.3) is 22.2 Å². The molecule has 0 atom stereocenters. The van der Waals surface area contributed by atoms with Crippen molar-refractivity contribution >= 4 is 23.0 Å². The van der Waals surface area contributed by atoms with Crippen LogP contribution in [0, 0.1) is 12.8 Å². The van der Waals surface area contributed by atoms with Crippen LogP contribution in [0.5, 0.6) is 11.8 Å². The first-order valence-electron chi connectivity index (χ1n) is 12.0. The Morgan fingerprint density at radius 2 is 1.75 bits per heavy atom. The van der Waals surface area contributed by atoms with Crippen LogP contribution in [-0.2, 0) is 11.3 Å². The van der Waals surface area contributed by atoms with Gasteiger partial charge in [-0.1, -0.05) is 61.7 Å². The van der Waals surface area contributed by atoms with E-state index in [0.29, 0.717) is 23.4 Å². The molecule has 1 fully saturated rings. The normalized spacial score (nSPS) is 14.1. The highest BCUT2D eigenvalue weighted by Crippen LogP contribution is 2.32. The third-order valence-corrected chi connectivity index (χ3v) is 6.71. The van der Waals surface area contributed by atoms with Gasteiger partial charge in [0.2, 0.25) is 0 Å². The van der Waals surface area contributed by atoms with Gasteiger partial charge in [0.15, 0.2) is 5.52 Å². The second-order valence-corrected chi connectivity index (χ2v) is 9.07. The second kappa shape index (κ2) is 9.77. The summed E-state index contributed by atoms with van der Waals surface area (Å²) in [7, 11) is 0. The van der Waals surface area contributed by atoms with Gasteiger partial charge in [0.05, 0.1) is 11.5 Å². The summed E-state index contributed by atoms with van der Waals surface area (Å²) < 4.78 is 7.38. The summed E-state index contributed by atoms with van der Waals surface area (Å²) in [5.41, 5.74) is 3.20. The number of imidazole rings is 1. The van der Waals surface area contributed by atoms with Crippen LogP contribution in [0.1, 0.15) is 53.8 Å². The molecule has 1 saturated carbocycles. The van der Waals surface area contributed by atoms with Gasteiger partial charge in [0.1, 0.15) is 11.3 Å². The maximum absolute atomic E-state index is 12.7. The molecule has 0 spiro atoms.